The third-order valence-electron chi connectivity index (χ3n) is 5.00. The van der Waals surface area contributed by atoms with Crippen LogP contribution in [0.2, 0.25) is 0 Å². The molecule has 0 rings (SSSR count). The van der Waals surface area contributed by atoms with E-state index < -0.39 is 30.1 Å². The van der Waals surface area contributed by atoms with Gasteiger partial charge in [0, 0.05) is 13.3 Å². The number of esters is 1. The van der Waals surface area contributed by atoms with E-state index in [1.165, 1.54) is 6.92 Å². The van der Waals surface area contributed by atoms with E-state index in [9.17, 15) is 19.5 Å². The van der Waals surface area contributed by atoms with Crippen LogP contribution in [0.5, 0.6) is 0 Å². The first-order valence-corrected chi connectivity index (χ1v) is 11.8. The molecule has 0 radical (unpaired) electrons. The second kappa shape index (κ2) is 17.6. The summed E-state index contributed by atoms with van der Waals surface area (Å²) in [5.74, 6) is -1.73. The minimum absolute atomic E-state index is 0.126. The lowest BCUT2D eigenvalue weighted by molar-refractivity contribution is -1.05. The van der Waals surface area contributed by atoms with Crippen LogP contribution >= 0.6 is 0 Å². The highest BCUT2D eigenvalue weighted by atomic mass is 16.7. The number of likely N-dealkylation sites (N-methyl/N-ethyl adjacent to an activating group) is 1. The normalized spacial score (nSPS) is 13.7. The average Bonchev–Trinajstić information content (AvgIpc) is 2.66. The van der Waals surface area contributed by atoms with Gasteiger partial charge in [0.15, 0.2) is 0 Å². The molecule has 0 aliphatic carbocycles. The minimum Gasteiger partial charge on any atom is -0.481 e. The molecule has 0 saturated carbocycles. The maximum Gasteiger partial charge on any atom is 0.366 e. The van der Waals surface area contributed by atoms with Gasteiger partial charge >= 0.3 is 17.9 Å². The van der Waals surface area contributed by atoms with Crippen LogP contribution in [0.3, 0.4) is 0 Å². The molecule has 8 nitrogen and oxygen atoms in total. The summed E-state index contributed by atoms with van der Waals surface area (Å²) in [6.07, 6.45) is 12.4. The number of ether oxygens (including phenoxy) is 1. The molecular formula is C24H44NO7+. The van der Waals surface area contributed by atoms with Gasteiger partial charge in [-0.25, -0.2) is 9.59 Å². The van der Waals surface area contributed by atoms with Crippen molar-refractivity contribution >= 4 is 17.9 Å². The quantitative estimate of drug-likeness (QED) is 0.0983. The number of hydrogen-bond acceptors (Lipinski definition) is 6. The van der Waals surface area contributed by atoms with Crippen LogP contribution in [0, 0.1) is 0 Å². The van der Waals surface area contributed by atoms with Crippen molar-refractivity contribution in [2.75, 3.05) is 20.6 Å². The molecule has 0 heterocycles. The number of carbonyl (C=O) groups excluding carboxylic acids is 2. The second-order valence-corrected chi connectivity index (χ2v) is 8.81. The first-order chi connectivity index (χ1) is 15.1. The smallest absolute Gasteiger partial charge is 0.366 e. The maximum absolute atomic E-state index is 12.4. The molecule has 0 spiro atoms. The predicted molar refractivity (Wildman–Crippen MR) is 122 cm³/mol. The van der Waals surface area contributed by atoms with Gasteiger partial charge in [0.2, 0.25) is 6.54 Å². The number of carbonyl (C=O) groups is 3. The van der Waals surface area contributed by atoms with Crippen molar-refractivity contribution in [1.29, 1.82) is 0 Å². The van der Waals surface area contributed by atoms with Gasteiger partial charge in [-0.2, -0.15) is 0 Å². The molecule has 0 aromatic carbocycles. The van der Waals surface area contributed by atoms with E-state index in [1.807, 2.05) is 12.2 Å². The van der Waals surface area contributed by atoms with E-state index in [0.717, 1.165) is 57.8 Å². The molecule has 0 bridgehead atoms. The number of allylic oxidation sites excluding steroid dienone is 1. The van der Waals surface area contributed by atoms with Crippen LogP contribution in [-0.2, 0) is 24.0 Å². The highest BCUT2D eigenvalue weighted by molar-refractivity contribution is 5.71. The molecule has 186 valence electrons. The Morgan fingerprint density at radius 2 is 1.62 bits per heavy atom. The summed E-state index contributed by atoms with van der Waals surface area (Å²) in [6.45, 7) is 3.25. The minimum atomic E-state index is -0.785. The summed E-state index contributed by atoms with van der Waals surface area (Å²) in [4.78, 5) is 39.1. The Kier molecular flexibility index (Phi) is 16.5. The molecule has 2 N–H and O–H groups in total. The van der Waals surface area contributed by atoms with E-state index in [-0.39, 0.29) is 17.6 Å². The number of rotatable bonds is 19. The lowest BCUT2D eigenvalue weighted by atomic mass is 10.0. The molecule has 0 amide bonds. The zero-order valence-electron chi connectivity index (χ0n) is 20.4. The standard InChI is InChI=1S/C24H43NO7/c1-5-6-13-17-22(31-24(30)19-25(3,4)32-20(2)26)21(27)16-14-11-9-7-8-10-12-15-18-23(28)29/h11,14,21-22,27H,5-10,12-13,15-19H2,1-4H3/p+1/b14-11-. The molecular weight excluding hydrogens is 414 g/mol. The van der Waals surface area contributed by atoms with Crippen molar-refractivity contribution in [2.24, 2.45) is 0 Å². The van der Waals surface area contributed by atoms with Crippen LogP contribution < -0.4 is 0 Å². The van der Waals surface area contributed by atoms with Gasteiger partial charge in [0.25, 0.3) is 0 Å². The topological polar surface area (TPSA) is 110 Å². The van der Waals surface area contributed by atoms with Crippen molar-refractivity contribution in [1.82, 2.24) is 0 Å². The van der Waals surface area contributed by atoms with E-state index in [4.69, 9.17) is 14.7 Å². The summed E-state index contributed by atoms with van der Waals surface area (Å²) in [5, 5.41) is 19.2. The number of aliphatic hydroxyl groups is 1. The number of quaternary nitrogens is 1. The lowest BCUT2D eigenvalue weighted by Crippen LogP contribution is -2.46. The van der Waals surface area contributed by atoms with Crippen LogP contribution in [-0.4, -0.2) is 65.6 Å². The zero-order chi connectivity index (χ0) is 24.4. The van der Waals surface area contributed by atoms with Gasteiger partial charge in [-0.1, -0.05) is 51.2 Å². The summed E-state index contributed by atoms with van der Waals surface area (Å²) < 4.78 is 5.29. The molecule has 2 unspecified atom stereocenters. The number of hydroxylamine groups is 3. The average molecular weight is 459 g/mol. The number of hydrogen-bond donors (Lipinski definition) is 2. The highest BCUT2D eigenvalue weighted by Crippen LogP contribution is 2.16. The first kappa shape index (κ1) is 30.1. The molecule has 0 aliphatic heterocycles. The fourth-order valence-corrected chi connectivity index (χ4v) is 3.40. The largest absolute Gasteiger partial charge is 0.481 e. The van der Waals surface area contributed by atoms with Crippen LogP contribution in [0.1, 0.15) is 90.9 Å². The van der Waals surface area contributed by atoms with Crippen LogP contribution in [0.25, 0.3) is 0 Å². The monoisotopic (exact) mass is 458 g/mol. The van der Waals surface area contributed by atoms with E-state index in [0.29, 0.717) is 12.8 Å². The number of nitrogens with zero attached hydrogens (tertiary/aromatic N) is 1. The summed E-state index contributed by atoms with van der Waals surface area (Å²) in [6, 6.07) is 0. The summed E-state index contributed by atoms with van der Waals surface area (Å²) in [5.41, 5.74) is 0. The van der Waals surface area contributed by atoms with E-state index in [2.05, 4.69) is 6.92 Å². The molecule has 2 atom stereocenters. The molecule has 32 heavy (non-hydrogen) atoms. The third kappa shape index (κ3) is 17.7. The number of carboxylic acid groups (broad SMARTS) is 1. The molecule has 0 aromatic heterocycles. The number of unbranched alkanes of at least 4 members (excludes halogenated alkanes) is 7. The van der Waals surface area contributed by atoms with Crippen LogP contribution in [0.4, 0.5) is 0 Å². The Morgan fingerprint density at radius 3 is 2.25 bits per heavy atom. The SMILES string of the molecule is CCCCCC(OC(=O)C[N+](C)(C)OC(C)=O)C(O)C/C=C\CCCCCCCC(=O)O. The summed E-state index contributed by atoms with van der Waals surface area (Å²) >= 11 is 0. The van der Waals surface area contributed by atoms with Crippen molar-refractivity contribution in [2.45, 2.75) is 103 Å². The summed E-state index contributed by atoms with van der Waals surface area (Å²) in [7, 11) is 3.19. The first-order valence-electron chi connectivity index (χ1n) is 11.8. The Bertz CT molecular complexity index is 575. The Balaban J connectivity index is 4.40. The van der Waals surface area contributed by atoms with Crippen molar-refractivity contribution < 1.29 is 38.8 Å². The maximum atomic E-state index is 12.4. The Morgan fingerprint density at radius 1 is 0.969 bits per heavy atom. The molecule has 0 aromatic rings. The van der Waals surface area contributed by atoms with Gasteiger partial charge in [-0.3, -0.25) is 9.63 Å². The lowest BCUT2D eigenvalue weighted by Gasteiger charge is -2.27. The fraction of sp³-hybridized carbons (Fsp3) is 0.792. The van der Waals surface area contributed by atoms with E-state index >= 15 is 0 Å². The van der Waals surface area contributed by atoms with Gasteiger partial charge < -0.3 is 14.9 Å². The zero-order valence-corrected chi connectivity index (χ0v) is 20.4. The Labute approximate surface area is 193 Å². The number of aliphatic hydroxyl groups excluding tert-OH is 1. The Hall–Kier alpha value is -1.93. The van der Waals surface area contributed by atoms with Gasteiger partial charge in [0.05, 0.1) is 6.10 Å². The second-order valence-electron chi connectivity index (χ2n) is 8.81. The molecule has 0 fully saturated rings. The molecule has 0 saturated heterocycles. The van der Waals surface area contributed by atoms with Crippen molar-refractivity contribution in [3.8, 4) is 0 Å². The molecule has 0 aliphatic rings. The number of carboxylic acids is 1. The van der Waals surface area contributed by atoms with Crippen LogP contribution in [0.15, 0.2) is 12.2 Å². The third-order valence-corrected chi connectivity index (χ3v) is 5.00. The van der Waals surface area contributed by atoms with Crippen molar-refractivity contribution in [3.05, 3.63) is 12.2 Å². The molecule has 8 heteroatoms. The van der Waals surface area contributed by atoms with Gasteiger partial charge in [0.1, 0.15) is 20.2 Å². The number of aliphatic carboxylic acids is 1. The van der Waals surface area contributed by atoms with Gasteiger partial charge in [-0.05, 0) is 38.5 Å². The predicted octanol–water partition coefficient (Wildman–Crippen LogP) is 4.16. The highest BCUT2D eigenvalue weighted by Gasteiger charge is 2.29. The van der Waals surface area contributed by atoms with E-state index in [1.54, 1.807) is 14.1 Å². The van der Waals surface area contributed by atoms with Crippen molar-refractivity contribution in [3.63, 3.8) is 0 Å². The fourth-order valence-electron chi connectivity index (χ4n) is 3.40. The van der Waals surface area contributed by atoms with Gasteiger partial charge in [-0.15, -0.1) is 4.65 Å².